The maximum absolute atomic E-state index is 5.07. The molecule has 0 amide bonds. The smallest absolute Gasteiger partial charge is 0.0401 e. The average Bonchev–Trinajstić information content (AvgIpc) is 2.25. The van der Waals surface area contributed by atoms with Crippen molar-refractivity contribution in [1.82, 2.24) is 0 Å². The van der Waals surface area contributed by atoms with Crippen LogP contribution in [0.4, 0.5) is 0 Å². The van der Waals surface area contributed by atoms with E-state index in [9.17, 15) is 0 Å². The molecule has 0 saturated heterocycles. The summed E-state index contributed by atoms with van der Waals surface area (Å²) in [5.74, 6) is 0.556. The molecule has 0 bridgehead atoms. The van der Waals surface area contributed by atoms with E-state index < -0.39 is 0 Å². The normalized spacial score (nSPS) is 8.73. The minimum atomic E-state index is 0.556. The van der Waals surface area contributed by atoms with E-state index >= 15 is 0 Å². The van der Waals surface area contributed by atoms with Gasteiger partial charge in [-0.05, 0) is 37.0 Å². The Labute approximate surface area is 98.3 Å². The second-order valence-electron chi connectivity index (χ2n) is 3.29. The first-order chi connectivity index (χ1) is 7.17. The van der Waals surface area contributed by atoms with Gasteiger partial charge < -0.3 is 0 Å². The standard InChI is InChI=1S/C11H14.C3H5Cl/c1-4-6-11-8-5-7-9(2)10(11)3;1-2-3-4/h4-5,7-8H,1,6H2,2-3H3;2H,1,3H2. The fourth-order valence-corrected chi connectivity index (χ4v) is 1.19. The molecule has 1 aromatic rings. The highest BCUT2D eigenvalue weighted by atomic mass is 35.5. The van der Waals surface area contributed by atoms with Gasteiger partial charge in [0.15, 0.2) is 0 Å². The molecule has 0 nitrogen and oxygen atoms in total. The van der Waals surface area contributed by atoms with Crippen LogP contribution in [-0.2, 0) is 6.42 Å². The molecule has 0 spiro atoms. The summed E-state index contributed by atoms with van der Waals surface area (Å²) in [6.07, 6.45) is 4.57. The van der Waals surface area contributed by atoms with E-state index in [1.165, 1.54) is 16.7 Å². The van der Waals surface area contributed by atoms with E-state index in [2.05, 4.69) is 45.2 Å². The highest BCUT2D eigenvalue weighted by molar-refractivity contribution is 6.18. The Morgan fingerprint density at radius 3 is 2.27 bits per heavy atom. The predicted octanol–water partition coefficient (Wildman–Crippen LogP) is 4.44. The number of aryl methyl sites for hydroxylation is 1. The van der Waals surface area contributed by atoms with Gasteiger partial charge in [0, 0.05) is 5.88 Å². The van der Waals surface area contributed by atoms with Gasteiger partial charge in [-0.25, -0.2) is 0 Å². The Morgan fingerprint density at radius 2 is 1.80 bits per heavy atom. The summed E-state index contributed by atoms with van der Waals surface area (Å²) in [6.45, 7) is 11.4. The van der Waals surface area contributed by atoms with E-state index in [1.54, 1.807) is 6.08 Å². The summed E-state index contributed by atoms with van der Waals surface area (Å²) in [5.41, 5.74) is 4.15. The summed E-state index contributed by atoms with van der Waals surface area (Å²) >= 11 is 5.07. The fourth-order valence-electron chi connectivity index (χ4n) is 1.19. The topological polar surface area (TPSA) is 0 Å². The summed E-state index contributed by atoms with van der Waals surface area (Å²) < 4.78 is 0. The lowest BCUT2D eigenvalue weighted by Crippen LogP contribution is -1.88. The molecule has 0 unspecified atom stereocenters. The molecule has 0 heterocycles. The van der Waals surface area contributed by atoms with Crippen molar-refractivity contribution in [2.75, 3.05) is 5.88 Å². The average molecular weight is 223 g/mol. The quantitative estimate of drug-likeness (QED) is 0.524. The van der Waals surface area contributed by atoms with Gasteiger partial charge >= 0.3 is 0 Å². The first kappa shape index (κ1) is 14.0. The highest BCUT2D eigenvalue weighted by Gasteiger charge is 1.96. The lowest BCUT2D eigenvalue weighted by Gasteiger charge is -2.04. The molecule has 1 heteroatoms. The summed E-state index contributed by atoms with van der Waals surface area (Å²) in [5, 5.41) is 0. The molecular weight excluding hydrogens is 204 g/mol. The van der Waals surface area contributed by atoms with Gasteiger partial charge in [-0.1, -0.05) is 30.4 Å². The summed E-state index contributed by atoms with van der Waals surface area (Å²) in [7, 11) is 0. The molecule has 1 aromatic carbocycles. The Morgan fingerprint density at radius 1 is 1.20 bits per heavy atom. The fraction of sp³-hybridized carbons (Fsp3) is 0.286. The third kappa shape index (κ3) is 5.44. The van der Waals surface area contributed by atoms with Crippen LogP contribution in [0.1, 0.15) is 16.7 Å². The van der Waals surface area contributed by atoms with Crippen molar-refractivity contribution in [1.29, 1.82) is 0 Å². The Balaban J connectivity index is 0.000000423. The van der Waals surface area contributed by atoms with Gasteiger partial charge in [-0.15, -0.1) is 24.8 Å². The highest BCUT2D eigenvalue weighted by Crippen LogP contribution is 2.12. The molecule has 0 saturated carbocycles. The molecule has 15 heavy (non-hydrogen) atoms. The minimum Gasteiger partial charge on any atom is -0.122 e. The summed E-state index contributed by atoms with van der Waals surface area (Å²) in [6, 6.07) is 6.40. The van der Waals surface area contributed by atoms with Crippen LogP contribution in [0.15, 0.2) is 43.5 Å². The third-order valence-corrected chi connectivity index (χ3v) is 2.41. The van der Waals surface area contributed by atoms with Crippen molar-refractivity contribution < 1.29 is 0 Å². The van der Waals surface area contributed by atoms with Gasteiger partial charge in [-0.2, -0.15) is 0 Å². The largest absolute Gasteiger partial charge is 0.122 e. The van der Waals surface area contributed by atoms with Crippen LogP contribution in [0.2, 0.25) is 0 Å². The van der Waals surface area contributed by atoms with E-state index in [0.717, 1.165) is 6.42 Å². The molecule has 0 aliphatic carbocycles. The van der Waals surface area contributed by atoms with Crippen LogP contribution in [0, 0.1) is 13.8 Å². The third-order valence-electron chi connectivity index (χ3n) is 2.19. The lowest BCUT2D eigenvalue weighted by atomic mass is 10.0. The van der Waals surface area contributed by atoms with Gasteiger partial charge in [0.2, 0.25) is 0 Å². The van der Waals surface area contributed by atoms with Crippen molar-refractivity contribution >= 4 is 11.6 Å². The van der Waals surface area contributed by atoms with Crippen molar-refractivity contribution in [2.45, 2.75) is 20.3 Å². The Bertz CT molecular complexity index is 313. The monoisotopic (exact) mass is 222 g/mol. The number of alkyl halides is 1. The van der Waals surface area contributed by atoms with Gasteiger partial charge in [0.25, 0.3) is 0 Å². The van der Waals surface area contributed by atoms with Crippen LogP contribution in [0.5, 0.6) is 0 Å². The van der Waals surface area contributed by atoms with Gasteiger partial charge in [-0.3, -0.25) is 0 Å². The van der Waals surface area contributed by atoms with Gasteiger partial charge in [0.1, 0.15) is 0 Å². The number of halogens is 1. The maximum Gasteiger partial charge on any atom is 0.0401 e. The summed E-state index contributed by atoms with van der Waals surface area (Å²) in [4.78, 5) is 0. The molecular formula is C14H19Cl. The number of hydrogen-bond donors (Lipinski definition) is 0. The molecule has 0 N–H and O–H groups in total. The first-order valence-corrected chi connectivity index (χ1v) is 5.53. The van der Waals surface area contributed by atoms with E-state index in [0.29, 0.717) is 5.88 Å². The molecule has 0 fully saturated rings. The van der Waals surface area contributed by atoms with Crippen LogP contribution in [0.3, 0.4) is 0 Å². The van der Waals surface area contributed by atoms with E-state index in [-0.39, 0.29) is 0 Å². The Kier molecular flexibility index (Phi) is 7.75. The molecule has 0 aromatic heterocycles. The number of rotatable bonds is 3. The first-order valence-electron chi connectivity index (χ1n) is 5.00. The Hall–Kier alpha value is -1.01. The van der Waals surface area contributed by atoms with E-state index in [4.69, 9.17) is 11.6 Å². The maximum atomic E-state index is 5.07. The van der Waals surface area contributed by atoms with Gasteiger partial charge in [0.05, 0.1) is 0 Å². The molecule has 0 aliphatic rings. The molecule has 0 atom stereocenters. The van der Waals surface area contributed by atoms with Crippen LogP contribution in [0.25, 0.3) is 0 Å². The van der Waals surface area contributed by atoms with Crippen LogP contribution in [-0.4, -0.2) is 5.88 Å². The second-order valence-corrected chi connectivity index (χ2v) is 3.60. The predicted molar refractivity (Wildman–Crippen MR) is 70.7 cm³/mol. The molecule has 0 aliphatic heterocycles. The lowest BCUT2D eigenvalue weighted by molar-refractivity contribution is 1.18. The van der Waals surface area contributed by atoms with Crippen LogP contribution < -0.4 is 0 Å². The number of hydrogen-bond acceptors (Lipinski definition) is 0. The zero-order chi connectivity index (χ0) is 11.7. The molecule has 0 radical (unpaired) electrons. The molecule has 82 valence electrons. The molecule has 1 rings (SSSR count). The number of benzene rings is 1. The zero-order valence-corrected chi connectivity index (χ0v) is 10.3. The zero-order valence-electron chi connectivity index (χ0n) is 9.59. The number of allylic oxidation sites excluding steroid dienone is 2. The SMILES string of the molecule is C=CCCl.C=CCc1cccc(C)c1C. The van der Waals surface area contributed by atoms with Crippen molar-refractivity contribution in [2.24, 2.45) is 0 Å². The minimum absolute atomic E-state index is 0.556. The van der Waals surface area contributed by atoms with Crippen LogP contribution >= 0.6 is 11.6 Å². The second kappa shape index (κ2) is 8.31. The van der Waals surface area contributed by atoms with E-state index in [1.807, 2.05) is 6.08 Å². The van der Waals surface area contributed by atoms with Crippen molar-refractivity contribution in [3.63, 3.8) is 0 Å². The van der Waals surface area contributed by atoms with Crippen molar-refractivity contribution in [3.05, 3.63) is 60.2 Å². The van der Waals surface area contributed by atoms with Crippen molar-refractivity contribution in [3.8, 4) is 0 Å².